The minimum absolute atomic E-state index is 0.578. The van der Waals surface area contributed by atoms with Gasteiger partial charge in [-0.15, -0.1) is 0 Å². The zero-order chi connectivity index (χ0) is 12.1. The van der Waals surface area contributed by atoms with E-state index in [2.05, 4.69) is 42.7 Å². The first-order valence-corrected chi connectivity index (χ1v) is 6.88. The number of unbranched alkanes of at least 4 members (excludes halogenated alkanes) is 1. The van der Waals surface area contributed by atoms with Crippen LogP contribution in [0, 0.1) is 0 Å². The van der Waals surface area contributed by atoms with Crippen molar-refractivity contribution in [3.63, 3.8) is 0 Å². The fraction of sp³-hybridized carbons (Fsp3) is 0.600. The molecule has 0 radical (unpaired) electrons. The van der Waals surface area contributed by atoms with Crippen LogP contribution in [-0.4, -0.2) is 19.1 Å². The third kappa shape index (κ3) is 3.47. The van der Waals surface area contributed by atoms with Gasteiger partial charge in [0.25, 0.3) is 0 Å². The lowest BCUT2D eigenvalue weighted by Crippen LogP contribution is -2.28. The molecule has 0 spiro atoms. The molecule has 1 unspecified atom stereocenters. The maximum absolute atomic E-state index is 3.58. The van der Waals surface area contributed by atoms with Gasteiger partial charge in [0.1, 0.15) is 0 Å². The molecule has 1 aliphatic heterocycles. The SMILES string of the molecule is CCCCNC(C)Cc1ccc2c(c1)CCN2. The van der Waals surface area contributed by atoms with E-state index in [1.807, 2.05) is 0 Å². The summed E-state index contributed by atoms with van der Waals surface area (Å²) >= 11 is 0. The van der Waals surface area contributed by atoms with Crippen molar-refractivity contribution in [2.45, 2.75) is 45.6 Å². The van der Waals surface area contributed by atoms with Gasteiger partial charge in [0.15, 0.2) is 0 Å². The number of fused-ring (bicyclic) bond motifs is 1. The van der Waals surface area contributed by atoms with Crippen molar-refractivity contribution in [3.05, 3.63) is 29.3 Å². The predicted octanol–water partition coefficient (Wildman–Crippen LogP) is 2.98. The van der Waals surface area contributed by atoms with Crippen LogP contribution in [0.5, 0.6) is 0 Å². The zero-order valence-corrected chi connectivity index (χ0v) is 11.1. The van der Waals surface area contributed by atoms with Crippen LogP contribution in [0.25, 0.3) is 0 Å². The van der Waals surface area contributed by atoms with Crippen LogP contribution in [0.3, 0.4) is 0 Å². The van der Waals surface area contributed by atoms with Crippen molar-refractivity contribution >= 4 is 5.69 Å². The van der Waals surface area contributed by atoms with E-state index in [1.165, 1.54) is 36.1 Å². The number of benzene rings is 1. The van der Waals surface area contributed by atoms with Gasteiger partial charge in [-0.05, 0) is 49.9 Å². The summed E-state index contributed by atoms with van der Waals surface area (Å²) in [7, 11) is 0. The summed E-state index contributed by atoms with van der Waals surface area (Å²) in [5.41, 5.74) is 4.28. The third-order valence-electron chi connectivity index (χ3n) is 3.44. The summed E-state index contributed by atoms with van der Waals surface area (Å²) in [5.74, 6) is 0. The molecule has 2 rings (SSSR count). The van der Waals surface area contributed by atoms with E-state index in [0.717, 1.165) is 19.5 Å². The molecule has 0 bridgehead atoms. The smallest absolute Gasteiger partial charge is 0.0373 e. The van der Waals surface area contributed by atoms with Crippen LogP contribution in [0.2, 0.25) is 0 Å². The molecule has 0 fully saturated rings. The van der Waals surface area contributed by atoms with Crippen molar-refractivity contribution in [2.24, 2.45) is 0 Å². The lowest BCUT2D eigenvalue weighted by atomic mass is 10.0. The molecular formula is C15H24N2. The molecule has 2 N–H and O–H groups in total. The quantitative estimate of drug-likeness (QED) is 0.737. The summed E-state index contributed by atoms with van der Waals surface area (Å²) in [4.78, 5) is 0. The van der Waals surface area contributed by atoms with Crippen molar-refractivity contribution in [1.82, 2.24) is 5.32 Å². The molecule has 0 saturated heterocycles. The Morgan fingerprint density at radius 1 is 1.41 bits per heavy atom. The van der Waals surface area contributed by atoms with Gasteiger partial charge < -0.3 is 10.6 Å². The normalized spacial score (nSPS) is 15.4. The van der Waals surface area contributed by atoms with E-state index in [1.54, 1.807) is 0 Å². The fourth-order valence-corrected chi connectivity index (χ4v) is 2.44. The van der Waals surface area contributed by atoms with Crippen LogP contribution in [-0.2, 0) is 12.8 Å². The fourth-order valence-electron chi connectivity index (χ4n) is 2.44. The molecule has 1 aromatic rings. The Hall–Kier alpha value is -1.02. The molecule has 0 saturated carbocycles. The van der Waals surface area contributed by atoms with Crippen molar-refractivity contribution in [3.8, 4) is 0 Å². The van der Waals surface area contributed by atoms with Crippen molar-refractivity contribution in [2.75, 3.05) is 18.4 Å². The van der Waals surface area contributed by atoms with E-state index < -0.39 is 0 Å². The molecule has 1 aliphatic rings. The number of rotatable bonds is 6. The van der Waals surface area contributed by atoms with E-state index in [0.29, 0.717) is 6.04 Å². The summed E-state index contributed by atoms with van der Waals surface area (Å²) in [6.45, 7) is 6.76. The summed E-state index contributed by atoms with van der Waals surface area (Å²) in [6, 6.07) is 7.44. The van der Waals surface area contributed by atoms with Crippen LogP contribution >= 0.6 is 0 Å². The van der Waals surface area contributed by atoms with Crippen LogP contribution in [0.4, 0.5) is 5.69 Å². The molecular weight excluding hydrogens is 208 g/mol. The van der Waals surface area contributed by atoms with Gasteiger partial charge in [-0.1, -0.05) is 25.5 Å². The molecule has 0 aliphatic carbocycles. The summed E-state index contributed by atoms with van der Waals surface area (Å²) in [5, 5.41) is 6.99. The molecule has 1 aromatic carbocycles. The van der Waals surface area contributed by atoms with Gasteiger partial charge in [0.05, 0.1) is 0 Å². The lowest BCUT2D eigenvalue weighted by Gasteiger charge is -2.14. The van der Waals surface area contributed by atoms with Gasteiger partial charge in [-0.25, -0.2) is 0 Å². The van der Waals surface area contributed by atoms with Crippen molar-refractivity contribution < 1.29 is 0 Å². The first kappa shape index (κ1) is 12.4. The van der Waals surface area contributed by atoms with Gasteiger partial charge in [0, 0.05) is 18.3 Å². The first-order chi connectivity index (χ1) is 8.29. The average Bonchev–Trinajstić information content (AvgIpc) is 2.76. The predicted molar refractivity (Wildman–Crippen MR) is 74.7 cm³/mol. The van der Waals surface area contributed by atoms with Gasteiger partial charge >= 0.3 is 0 Å². The van der Waals surface area contributed by atoms with Gasteiger partial charge in [-0.3, -0.25) is 0 Å². The Morgan fingerprint density at radius 2 is 2.29 bits per heavy atom. The summed E-state index contributed by atoms with van der Waals surface area (Å²) < 4.78 is 0. The van der Waals surface area contributed by atoms with E-state index in [4.69, 9.17) is 0 Å². The number of anilines is 1. The largest absolute Gasteiger partial charge is 0.384 e. The molecule has 0 aromatic heterocycles. The zero-order valence-electron chi connectivity index (χ0n) is 11.1. The highest BCUT2D eigenvalue weighted by atomic mass is 14.9. The minimum Gasteiger partial charge on any atom is -0.384 e. The van der Waals surface area contributed by atoms with Crippen LogP contribution in [0.15, 0.2) is 18.2 Å². The molecule has 2 nitrogen and oxygen atoms in total. The first-order valence-electron chi connectivity index (χ1n) is 6.88. The van der Waals surface area contributed by atoms with E-state index in [9.17, 15) is 0 Å². The second kappa shape index (κ2) is 6.06. The maximum atomic E-state index is 3.58. The van der Waals surface area contributed by atoms with Gasteiger partial charge in [0.2, 0.25) is 0 Å². The Balaban J connectivity index is 1.86. The van der Waals surface area contributed by atoms with Crippen molar-refractivity contribution in [1.29, 1.82) is 0 Å². The average molecular weight is 232 g/mol. The Labute approximate surface area is 105 Å². The number of nitrogens with one attached hydrogen (secondary N) is 2. The van der Waals surface area contributed by atoms with E-state index in [-0.39, 0.29) is 0 Å². The molecule has 17 heavy (non-hydrogen) atoms. The Morgan fingerprint density at radius 3 is 3.12 bits per heavy atom. The number of hydrogen-bond acceptors (Lipinski definition) is 2. The minimum atomic E-state index is 0.578. The highest BCUT2D eigenvalue weighted by Crippen LogP contribution is 2.23. The third-order valence-corrected chi connectivity index (χ3v) is 3.44. The monoisotopic (exact) mass is 232 g/mol. The standard InChI is InChI=1S/C15H24N2/c1-3-4-8-16-12(2)10-13-5-6-15-14(11-13)7-9-17-15/h5-6,11-12,16-17H,3-4,7-10H2,1-2H3. The molecule has 2 heteroatoms. The van der Waals surface area contributed by atoms with Gasteiger partial charge in [-0.2, -0.15) is 0 Å². The molecule has 0 amide bonds. The van der Waals surface area contributed by atoms with E-state index >= 15 is 0 Å². The van der Waals surface area contributed by atoms with Crippen LogP contribution < -0.4 is 10.6 Å². The second-order valence-corrected chi connectivity index (χ2v) is 5.08. The maximum Gasteiger partial charge on any atom is 0.0373 e. The highest BCUT2D eigenvalue weighted by molar-refractivity contribution is 5.56. The molecule has 94 valence electrons. The topological polar surface area (TPSA) is 24.1 Å². The molecule has 1 heterocycles. The Bertz CT molecular complexity index is 360. The Kier molecular flexibility index (Phi) is 4.43. The molecule has 1 atom stereocenters. The summed E-state index contributed by atoms with van der Waals surface area (Å²) in [6.07, 6.45) is 4.86. The number of hydrogen-bond donors (Lipinski definition) is 2. The van der Waals surface area contributed by atoms with Crippen LogP contribution in [0.1, 0.15) is 37.8 Å². The lowest BCUT2D eigenvalue weighted by molar-refractivity contribution is 0.531. The highest BCUT2D eigenvalue weighted by Gasteiger charge is 2.11. The second-order valence-electron chi connectivity index (χ2n) is 5.08.